The van der Waals surface area contributed by atoms with E-state index >= 15 is 0 Å². The van der Waals surface area contributed by atoms with E-state index in [4.69, 9.17) is 11.6 Å². The van der Waals surface area contributed by atoms with Gasteiger partial charge >= 0.3 is 0 Å². The summed E-state index contributed by atoms with van der Waals surface area (Å²) in [5.41, 5.74) is 3.14. The third-order valence-corrected chi connectivity index (χ3v) is 3.12. The van der Waals surface area contributed by atoms with E-state index < -0.39 is 0 Å². The molecule has 0 unspecified atom stereocenters. The zero-order valence-electron chi connectivity index (χ0n) is 11.3. The van der Waals surface area contributed by atoms with E-state index in [1.165, 1.54) is 5.56 Å². The summed E-state index contributed by atoms with van der Waals surface area (Å²) in [4.78, 5) is 11.7. The molecule has 2 N–H and O–H groups in total. The van der Waals surface area contributed by atoms with Crippen molar-refractivity contribution in [3.05, 3.63) is 64.7 Å². The molecule has 1 amide bonds. The SMILES string of the molecule is Cc1ccc(CNC(=O)CNc2cccc(Cl)c2)cc1. The van der Waals surface area contributed by atoms with Crippen LogP contribution in [0.5, 0.6) is 0 Å². The Balaban J connectivity index is 1.77. The standard InChI is InChI=1S/C16H17ClN2O/c1-12-5-7-13(8-6-12)10-19-16(20)11-18-15-4-2-3-14(17)9-15/h2-9,18H,10-11H2,1H3,(H,19,20). The largest absolute Gasteiger partial charge is 0.376 e. The molecular weight excluding hydrogens is 272 g/mol. The van der Waals surface area contributed by atoms with Crippen LogP contribution in [0.2, 0.25) is 5.02 Å². The van der Waals surface area contributed by atoms with Crippen molar-refractivity contribution >= 4 is 23.2 Å². The van der Waals surface area contributed by atoms with Crippen LogP contribution >= 0.6 is 11.6 Å². The smallest absolute Gasteiger partial charge is 0.239 e. The van der Waals surface area contributed by atoms with E-state index in [0.29, 0.717) is 11.6 Å². The number of carbonyl (C=O) groups excluding carboxylic acids is 1. The van der Waals surface area contributed by atoms with Gasteiger partial charge in [0.2, 0.25) is 5.91 Å². The van der Waals surface area contributed by atoms with Crippen LogP contribution in [0, 0.1) is 6.92 Å². The first-order chi connectivity index (χ1) is 9.63. The molecule has 0 saturated heterocycles. The predicted octanol–water partition coefficient (Wildman–Crippen LogP) is 3.38. The fourth-order valence-corrected chi connectivity index (χ4v) is 1.94. The molecule has 4 heteroatoms. The molecule has 0 aliphatic carbocycles. The molecule has 0 fully saturated rings. The molecule has 0 aliphatic heterocycles. The molecule has 0 heterocycles. The first-order valence-corrected chi connectivity index (χ1v) is 6.83. The Morgan fingerprint density at radius 3 is 2.60 bits per heavy atom. The van der Waals surface area contributed by atoms with Crippen molar-refractivity contribution in [1.29, 1.82) is 0 Å². The van der Waals surface area contributed by atoms with E-state index in [1.54, 1.807) is 12.1 Å². The van der Waals surface area contributed by atoms with E-state index in [9.17, 15) is 4.79 Å². The molecule has 2 aromatic carbocycles. The third-order valence-electron chi connectivity index (χ3n) is 2.89. The van der Waals surface area contributed by atoms with Crippen molar-refractivity contribution in [1.82, 2.24) is 5.32 Å². The van der Waals surface area contributed by atoms with Gasteiger partial charge in [-0.25, -0.2) is 0 Å². The van der Waals surface area contributed by atoms with E-state index in [0.717, 1.165) is 11.3 Å². The van der Waals surface area contributed by atoms with Crippen LogP contribution in [0.1, 0.15) is 11.1 Å². The van der Waals surface area contributed by atoms with Crippen molar-refractivity contribution in [2.75, 3.05) is 11.9 Å². The van der Waals surface area contributed by atoms with Crippen LogP contribution in [-0.4, -0.2) is 12.5 Å². The number of aryl methyl sites for hydroxylation is 1. The molecule has 0 atom stereocenters. The number of anilines is 1. The second-order valence-corrected chi connectivity index (χ2v) is 5.06. The Labute approximate surface area is 124 Å². The van der Waals surface area contributed by atoms with Gasteiger partial charge in [0.25, 0.3) is 0 Å². The summed E-state index contributed by atoms with van der Waals surface area (Å²) in [5, 5.41) is 6.55. The van der Waals surface area contributed by atoms with Gasteiger partial charge in [-0.2, -0.15) is 0 Å². The van der Waals surface area contributed by atoms with Crippen LogP contribution in [0.3, 0.4) is 0 Å². The first-order valence-electron chi connectivity index (χ1n) is 6.45. The fraction of sp³-hybridized carbons (Fsp3) is 0.188. The van der Waals surface area contributed by atoms with Gasteiger partial charge in [-0.15, -0.1) is 0 Å². The zero-order valence-corrected chi connectivity index (χ0v) is 12.1. The molecule has 2 aromatic rings. The summed E-state index contributed by atoms with van der Waals surface area (Å²) in [6, 6.07) is 15.4. The number of rotatable bonds is 5. The minimum Gasteiger partial charge on any atom is -0.376 e. The average Bonchev–Trinajstić information content (AvgIpc) is 2.45. The first kappa shape index (κ1) is 14.4. The summed E-state index contributed by atoms with van der Waals surface area (Å²) >= 11 is 5.87. The average molecular weight is 289 g/mol. The summed E-state index contributed by atoms with van der Waals surface area (Å²) < 4.78 is 0. The van der Waals surface area contributed by atoms with Gasteiger partial charge in [-0.1, -0.05) is 47.5 Å². The van der Waals surface area contributed by atoms with Crippen LogP contribution < -0.4 is 10.6 Å². The molecule has 0 radical (unpaired) electrons. The number of nitrogens with one attached hydrogen (secondary N) is 2. The van der Waals surface area contributed by atoms with Gasteiger partial charge < -0.3 is 10.6 Å². The Hall–Kier alpha value is -2.00. The summed E-state index contributed by atoms with van der Waals surface area (Å²) in [6.45, 7) is 2.81. The van der Waals surface area contributed by atoms with Gasteiger partial charge in [-0.05, 0) is 30.7 Å². The highest BCUT2D eigenvalue weighted by atomic mass is 35.5. The summed E-state index contributed by atoms with van der Waals surface area (Å²) in [5.74, 6) is -0.0504. The van der Waals surface area contributed by atoms with Crippen molar-refractivity contribution in [3.8, 4) is 0 Å². The maximum absolute atomic E-state index is 11.7. The van der Waals surface area contributed by atoms with Gasteiger partial charge in [0.05, 0.1) is 6.54 Å². The van der Waals surface area contributed by atoms with E-state index in [2.05, 4.69) is 10.6 Å². The molecular formula is C16H17ClN2O. The highest BCUT2D eigenvalue weighted by Crippen LogP contribution is 2.14. The number of halogens is 1. The summed E-state index contributed by atoms with van der Waals surface area (Å²) in [6.07, 6.45) is 0. The lowest BCUT2D eigenvalue weighted by Gasteiger charge is -2.08. The second-order valence-electron chi connectivity index (χ2n) is 4.63. The fourth-order valence-electron chi connectivity index (χ4n) is 1.75. The quantitative estimate of drug-likeness (QED) is 0.885. The molecule has 20 heavy (non-hydrogen) atoms. The second kappa shape index (κ2) is 6.96. The van der Waals surface area contributed by atoms with Gasteiger partial charge in [0, 0.05) is 17.3 Å². The zero-order chi connectivity index (χ0) is 14.4. The molecule has 0 aromatic heterocycles. The normalized spacial score (nSPS) is 10.1. The Morgan fingerprint density at radius 2 is 1.90 bits per heavy atom. The van der Waals surface area contributed by atoms with Crippen LogP contribution in [0.15, 0.2) is 48.5 Å². The number of hydrogen-bond donors (Lipinski definition) is 2. The van der Waals surface area contributed by atoms with Gasteiger partial charge in [-0.3, -0.25) is 4.79 Å². The number of hydrogen-bond acceptors (Lipinski definition) is 2. The monoisotopic (exact) mass is 288 g/mol. The molecule has 0 bridgehead atoms. The van der Waals surface area contributed by atoms with Gasteiger partial charge in [0.1, 0.15) is 0 Å². The third kappa shape index (κ3) is 4.59. The van der Waals surface area contributed by atoms with E-state index in [1.807, 2.05) is 43.3 Å². The lowest BCUT2D eigenvalue weighted by Crippen LogP contribution is -2.29. The predicted molar refractivity (Wildman–Crippen MR) is 83.0 cm³/mol. The molecule has 2 rings (SSSR count). The Morgan fingerprint density at radius 1 is 1.15 bits per heavy atom. The maximum atomic E-state index is 11.7. The van der Waals surface area contributed by atoms with Crippen LogP contribution in [0.4, 0.5) is 5.69 Å². The maximum Gasteiger partial charge on any atom is 0.239 e. The highest BCUT2D eigenvalue weighted by Gasteiger charge is 2.01. The minimum atomic E-state index is -0.0504. The summed E-state index contributed by atoms with van der Waals surface area (Å²) in [7, 11) is 0. The van der Waals surface area contributed by atoms with Crippen molar-refractivity contribution in [3.63, 3.8) is 0 Å². The number of amides is 1. The number of carbonyl (C=O) groups is 1. The molecule has 104 valence electrons. The topological polar surface area (TPSA) is 41.1 Å². The highest BCUT2D eigenvalue weighted by molar-refractivity contribution is 6.30. The molecule has 0 aliphatic rings. The van der Waals surface area contributed by atoms with Crippen molar-refractivity contribution in [2.45, 2.75) is 13.5 Å². The Bertz CT molecular complexity index is 581. The van der Waals surface area contributed by atoms with Crippen LogP contribution in [-0.2, 0) is 11.3 Å². The van der Waals surface area contributed by atoms with E-state index in [-0.39, 0.29) is 12.5 Å². The molecule has 0 saturated carbocycles. The van der Waals surface area contributed by atoms with Crippen molar-refractivity contribution < 1.29 is 4.79 Å². The molecule has 3 nitrogen and oxygen atoms in total. The lowest BCUT2D eigenvalue weighted by atomic mass is 10.1. The van der Waals surface area contributed by atoms with Gasteiger partial charge in [0.15, 0.2) is 0 Å². The lowest BCUT2D eigenvalue weighted by molar-refractivity contribution is -0.119. The number of benzene rings is 2. The van der Waals surface area contributed by atoms with Crippen LogP contribution in [0.25, 0.3) is 0 Å². The molecule has 0 spiro atoms. The minimum absolute atomic E-state index is 0.0504. The Kier molecular flexibility index (Phi) is 5.02. The van der Waals surface area contributed by atoms with Crippen molar-refractivity contribution in [2.24, 2.45) is 0 Å².